The number of alkyl halides is 3. The van der Waals surface area contributed by atoms with Crippen molar-refractivity contribution in [3.05, 3.63) is 36.4 Å². The Balaban J connectivity index is 1.73. The van der Waals surface area contributed by atoms with Gasteiger partial charge in [-0.3, -0.25) is 4.79 Å². The molecule has 0 N–H and O–H groups in total. The highest BCUT2D eigenvalue weighted by Gasteiger charge is 2.32. The minimum absolute atomic E-state index is 0.0149. The first-order chi connectivity index (χ1) is 12.8. The number of imidazole rings is 1. The van der Waals surface area contributed by atoms with Gasteiger partial charge in [0.2, 0.25) is 6.41 Å². The van der Waals surface area contributed by atoms with E-state index < -0.39 is 6.36 Å². The number of carbonyl (C=O) groups is 1. The molecule has 4 rings (SSSR count). The predicted molar refractivity (Wildman–Crippen MR) is 88.8 cm³/mol. The first-order valence-electron chi connectivity index (χ1n) is 8.08. The summed E-state index contributed by atoms with van der Waals surface area (Å²) >= 11 is 0. The highest BCUT2D eigenvalue weighted by atomic mass is 19.4. The zero-order valence-corrected chi connectivity index (χ0v) is 14.1. The van der Waals surface area contributed by atoms with Gasteiger partial charge in [0.25, 0.3) is 0 Å². The zero-order chi connectivity index (χ0) is 19.2. The van der Waals surface area contributed by atoms with Crippen LogP contribution in [0.2, 0.25) is 0 Å². The van der Waals surface area contributed by atoms with Crippen LogP contribution in [-0.2, 0) is 11.8 Å². The van der Waals surface area contributed by atoms with Crippen LogP contribution in [0.5, 0.6) is 5.75 Å². The van der Waals surface area contributed by atoms with E-state index in [4.69, 9.17) is 0 Å². The quantitative estimate of drug-likeness (QED) is 0.653. The van der Waals surface area contributed by atoms with Gasteiger partial charge >= 0.3 is 6.36 Å². The number of fused-ring (bicyclic) bond motifs is 1. The lowest BCUT2D eigenvalue weighted by molar-refractivity contribution is -0.274. The first-order valence-corrected chi connectivity index (χ1v) is 8.08. The molecule has 27 heavy (non-hydrogen) atoms. The Morgan fingerprint density at radius 1 is 1.19 bits per heavy atom. The summed E-state index contributed by atoms with van der Waals surface area (Å²) in [6, 6.07) is 5.47. The van der Waals surface area contributed by atoms with Crippen LogP contribution in [0.3, 0.4) is 0 Å². The largest absolute Gasteiger partial charge is 0.573 e. The summed E-state index contributed by atoms with van der Waals surface area (Å²) in [6.07, 6.45) is -2.36. The van der Waals surface area contributed by atoms with Crippen molar-refractivity contribution in [1.29, 1.82) is 0 Å². The maximum absolute atomic E-state index is 12.3. The molecule has 1 amide bonds. The van der Waals surface area contributed by atoms with Gasteiger partial charge in [0.15, 0.2) is 5.65 Å². The summed E-state index contributed by atoms with van der Waals surface area (Å²) in [5, 5.41) is 0. The Kier molecular flexibility index (Phi) is 3.97. The van der Waals surface area contributed by atoms with Gasteiger partial charge in [-0.05, 0) is 24.3 Å². The molecule has 1 aromatic carbocycles. The van der Waals surface area contributed by atoms with Crippen LogP contribution >= 0.6 is 0 Å². The molecule has 0 aliphatic carbocycles. The molecule has 10 heteroatoms. The second-order valence-corrected chi connectivity index (χ2v) is 6.29. The fourth-order valence-corrected chi connectivity index (χ4v) is 2.98. The summed E-state index contributed by atoms with van der Waals surface area (Å²) in [7, 11) is 1.80. The summed E-state index contributed by atoms with van der Waals surface area (Å²) in [5.41, 5.74) is 2.30. The number of aryl methyl sites for hydroxylation is 1. The van der Waals surface area contributed by atoms with E-state index in [0.717, 1.165) is 6.41 Å². The Bertz CT molecular complexity index is 994. The maximum Gasteiger partial charge on any atom is 0.573 e. The van der Waals surface area contributed by atoms with Crippen LogP contribution in [0.1, 0.15) is 11.7 Å². The Morgan fingerprint density at radius 3 is 2.52 bits per heavy atom. The van der Waals surface area contributed by atoms with Gasteiger partial charge in [0, 0.05) is 25.7 Å². The molecule has 3 aromatic rings. The molecule has 3 heterocycles. The zero-order valence-electron chi connectivity index (χ0n) is 14.1. The van der Waals surface area contributed by atoms with E-state index in [0.29, 0.717) is 41.3 Å². The monoisotopic (exact) mass is 377 g/mol. The SMILES string of the molecule is Cn1cnc2c(-c3ccc(OC(F)(F)F)cc3)nc(C3CN(C=O)C3)nc21. The lowest BCUT2D eigenvalue weighted by Crippen LogP contribution is -2.44. The van der Waals surface area contributed by atoms with Crippen molar-refractivity contribution in [2.24, 2.45) is 7.05 Å². The molecule has 0 unspecified atom stereocenters. The van der Waals surface area contributed by atoms with Crippen LogP contribution in [-0.4, -0.2) is 50.3 Å². The summed E-state index contributed by atoms with van der Waals surface area (Å²) in [5.74, 6) is 0.286. The number of rotatable bonds is 4. The number of carbonyl (C=O) groups excluding carboxylic acids is 1. The smallest absolute Gasteiger partial charge is 0.406 e. The van der Waals surface area contributed by atoms with Gasteiger partial charge in [-0.25, -0.2) is 15.0 Å². The molecule has 1 fully saturated rings. The van der Waals surface area contributed by atoms with Crippen LogP contribution in [0.25, 0.3) is 22.4 Å². The van der Waals surface area contributed by atoms with E-state index in [2.05, 4.69) is 19.7 Å². The number of aromatic nitrogens is 4. The lowest BCUT2D eigenvalue weighted by atomic mass is 9.99. The summed E-state index contributed by atoms with van der Waals surface area (Å²) < 4.78 is 42.7. The number of likely N-dealkylation sites (tertiary alicyclic amines) is 1. The van der Waals surface area contributed by atoms with Crippen molar-refractivity contribution < 1.29 is 22.7 Å². The Morgan fingerprint density at radius 2 is 1.89 bits per heavy atom. The third-order valence-electron chi connectivity index (χ3n) is 4.36. The fourth-order valence-electron chi connectivity index (χ4n) is 2.98. The minimum atomic E-state index is -4.74. The van der Waals surface area contributed by atoms with Gasteiger partial charge in [-0.15, -0.1) is 13.2 Å². The second kappa shape index (κ2) is 6.22. The average Bonchev–Trinajstić information content (AvgIpc) is 2.94. The normalized spacial score (nSPS) is 15.0. The molecule has 2 aromatic heterocycles. The van der Waals surface area contributed by atoms with Gasteiger partial charge < -0.3 is 14.2 Å². The number of hydrogen-bond donors (Lipinski definition) is 0. The standard InChI is InChI=1S/C17H14F3N5O2/c1-24-8-21-14-13(10-2-4-12(5-3-10)27-17(18,19)20)22-15(23-16(14)24)11-6-25(7-11)9-26/h2-5,8-9,11H,6-7H2,1H3. The van der Waals surface area contributed by atoms with Gasteiger partial charge in [-0.2, -0.15) is 0 Å². The first kappa shape index (κ1) is 17.3. The number of halogens is 3. The van der Waals surface area contributed by atoms with E-state index in [1.807, 2.05) is 0 Å². The van der Waals surface area contributed by atoms with E-state index >= 15 is 0 Å². The number of amides is 1. The van der Waals surface area contributed by atoms with Crippen molar-refractivity contribution in [3.8, 4) is 17.0 Å². The highest BCUT2D eigenvalue weighted by molar-refractivity contribution is 5.87. The van der Waals surface area contributed by atoms with E-state index in [1.165, 1.54) is 24.3 Å². The van der Waals surface area contributed by atoms with Crippen LogP contribution in [0.4, 0.5) is 13.2 Å². The molecule has 0 saturated carbocycles. The number of nitrogens with zero attached hydrogens (tertiary/aromatic N) is 5. The van der Waals surface area contributed by atoms with Crippen molar-refractivity contribution >= 4 is 17.6 Å². The number of ether oxygens (including phenoxy) is 1. The van der Waals surface area contributed by atoms with E-state index in [9.17, 15) is 18.0 Å². The molecule has 1 saturated heterocycles. The lowest BCUT2D eigenvalue weighted by Gasteiger charge is -2.35. The summed E-state index contributed by atoms with van der Waals surface area (Å²) in [4.78, 5) is 25.9. The van der Waals surface area contributed by atoms with Crippen LogP contribution in [0.15, 0.2) is 30.6 Å². The fraction of sp³-hybridized carbons (Fsp3) is 0.294. The third-order valence-corrected chi connectivity index (χ3v) is 4.36. The van der Waals surface area contributed by atoms with Crippen molar-refractivity contribution in [2.75, 3.05) is 13.1 Å². The molecule has 0 atom stereocenters. The van der Waals surface area contributed by atoms with E-state index in [1.54, 1.807) is 22.8 Å². The average molecular weight is 377 g/mol. The Hall–Kier alpha value is -3.17. The predicted octanol–water partition coefficient (Wildman–Crippen LogP) is 2.48. The molecule has 1 aliphatic rings. The molecule has 140 valence electrons. The van der Waals surface area contributed by atoms with Gasteiger partial charge in [-0.1, -0.05) is 0 Å². The molecule has 0 radical (unpaired) electrons. The molecular formula is C17H14F3N5O2. The topological polar surface area (TPSA) is 73.1 Å². The van der Waals surface area contributed by atoms with Crippen LogP contribution < -0.4 is 4.74 Å². The van der Waals surface area contributed by atoms with Gasteiger partial charge in [0.05, 0.1) is 12.2 Å². The molecule has 0 bridgehead atoms. The summed E-state index contributed by atoms with van der Waals surface area (Å²) in [6.45, 7) is 1.06. The number of hydrogen-bond acceptors (Lipinski definition) is 5. The maximum atomic E-state index is 12.3. The van der Waals surface area contributed by atoms with Crippen molar-refractivity contribution in [3.63, 3.8) is 0 Å². The van der Waals surface area contributed by atoms with Gasteiger partial charge in [0.1, 0.15) is 22.8 Å². The van der Waals surface area contributed by atoms with E-state index in [-0.39, 0.29) is 11.7 Å². The van der Waals surface area contributed by atoms with Crippen molar-refractivity contribution in [2.45, 2.75) is 12.3 Å². The molecular weight excluding hydrogens is 363 g/mol. The second-order valence-electron chi connectivity index (χ2n) is 6.29. The van der Waals surface area contributed by atoms with Crippen LogP contribution in [0, 0.1) is 0 Å². The number of benzene rings is 1. The minimum Gasteiger partial charge on any atom is -0.406 e. The third kappa shape index (κ3) is 3.29. The van der Waals surface area contributed by atoms with Crippen molar-refractivity contribution in [1.82, 2.24) is 24.4 Å². The molecule has 1 aliphatic heterocycles. The Labute approximate surface area is 151 Å². The highest BCUT2D eigenvalue weighted by Crippen LogP contribution is 2.31. The molecule has 7 nitrogen and oxygen atoms in total. The molecule has 0 spiro atoms.